The maximum atomic E-state index is 13.5. The van der Waals surface area contributed by atoms with Crippen molar-refractivity contribution in [1.82, 2.24) is 5.32 Å². The second-order valence-corrected chi connectivity index (χ2v) is 6.08. The molecule has 0 aliphatic heterocycles. The van der Waals surface area contributed by atoms with Gasteiger partial charge in [0.15, 0.2) is 0 Å². The van der Waals surface area contributed by atoms with Crippen LogP contribution in [0, 0.1) is 5.82 Å². The van der Waals surface area contributed by atoms with Crippen LogP contribution in [0.15, 0.2) is 65.1 Å². The lowest BCUT2D eigenvalue weighted by Crippen LogP contribution is -2.16. The molecule has 0 aliphatic carbocycles. The van der Waals surface area contributed by atoms with E-state index in [1.807, 2.05) is 42.5 Å². The van der Waals surface area contributed by atoms with Crippen molar-refractivity contribution in [1.29, 1.82) is 0 Å². The molecule has 0 aliphatic rings. The third kappa shape index (κ3) is 4.56. The summed E-state index contributed by atoms with van der Waals surface area (Å²) in [5.41, 5.74) is 2.57. The molecular weight excluding hydrogens is 317 g/mol. The van der Waals surface area contributed by atoms with Crippen LogP contribution in [0.2, 0.25) is 0 Å². The molecule has 2 N–H and O–H groups in total. The minimum Gasteiger partial charge on any atom is -0.460 e. The molecule has 2 aromatic carbocycles. The molecule has 1 heterocycles. The Balaban J connectivity index is 1.52. The van der Waals surface area contributed by atoms with Gasteiger partial charge < -0.3 is 14.8 Å². The van der Waals surface area contributed by atoms with Crippen LogP contribution in [-0.2, 0) is 13.0 Å². The molecule has 1 unspecified atom stereocenters. The van der Waals surface area contributed by atoms with Gasteiger partial charge in [0.05, 0.1) is 12.6 Å². The normalized spacial score (nSPS) is 12.3. The van der Waals surface area contributed by atoms with Crippen LogP contribution in [0.25, 0.3) is 11.3 Å². The Morgan fingerprint density at radius 3 is 2.52 bits per heavy atom. The molecule has 0 saturated carbocycles. The fraction of sp³-hybridized carbons (Fsp3) is 0.238. The second kappa shape index (κ2) is 8.10. The lowest BCUT2D eigenvalue weighted by molar-refractivity contribution is 0.199. The average molecular weight is 339 g/mol. The Bertz CT molecular complexity index is 809. The first-order valence-corrected chi connectivity index (χ1v) is 8.45. The number of hydrogen-bond donors (Lipinski definition) is 2. The second-order valence-electron chi connectivity index (χ2n) is 6.08. The summed E-state index contributed by atoms with van der Waals surface area (Å²) >= 11 is 0. The van der Waals surface area contributed by atoms with Crippen molar-refractivity contribution in [2.45, 2.75) is 26.0 Å². The molecule has 3 nitrogen and oxygen atoms in total. The highest BCUT2D eigenvalue weighted by Crippen LogP contribution is 2.24. The van der Waals surface area contributed by atoms with E-state index in [2.05, 4.69) is 5.32 Å². The van der Waals surface area contributed by atoms with Crippen LogP contribution in [0.3, 0.4) is 0 Å². The first-order valence-electron chi connectivity index (χ1n) is 8.45. The van der Waals surface area contributed by atoms with Gasteiger partial charge in [-0.05, 0) is 49.2 Å². The van der Waals surface area contributed by atoms with Gasteiger partial charge in [-0.15, -0.1) is 0 Å². The van der Waals surface area contributed by atoms with Crippen LogP contribution in [0.1, 0.15) is 29.9 Å². The quantitative estimate of drug-likeness (QED) is 0.624. The van der Waals surface area contributed by atoms with E-state index >= 15 is 0 Å². The molecule has 25 heavy (non-hydrogen) atoms. The number of aliphatic hydroxyl groups is 1. The monoisotopic (exact) mass is 339 g/mol. The molecular formula is C21H22FNO2. The predicted molar refractivity (Wildman–Crippen MR) is 96.6 cm³/mol. The van der Waals surface area contributed by atoms with Crippen molar-refractivity contribution in [2.24, 2.45) is 0 Å². The number of nitrogens with one attached hydrogen (secondary N) is 1. The van der Waals surface area contributed by atoms with Gasteiger partial charge in [-0.25, -0.2) is 4.39 Å². The lowest BCUT2D eigenvalue weighted by atomic mass is 10.1. The van der Waals surface area contributed by atoms with Gasteiger partial charge in [0.1, 0.15) is 17.3 Å². The number of rotatable bonds is 7. The Morgan fingerprint density at radius 1 is 1.04 bits per heavy atom. The summed E-state index contributed by atoms with van der Waals surface area (Å²) in [6, 6.07) is 18.4. The van der Waals surface area contributed by atoms with E-state index in [1.54, 1.807) is 19.1 Å². The van der Waals surface area contributed by atoms with Crippen LogP contribution in [0.5, 0.6) is 0 Å². The van der Waals surface area contributed by atoms with Crippen LogP contribution < -0.4 is 5.32 Å². The van der Waals surface area contributed by atoms with E-state index in [4.69, 9.17) is 4.42 Å². The first kappa shape index (κ1) is 17.4. The van der Waals surface area contributed by atoms with Crippen LogP contribution >= 0.6 is 0 Å². The van der Waals surface area contributed by atoms with Crippen molar-refractivity contribution < 1.29 is 13.9 Å². The van der Waals surface area contributed by atoms with Gasteiger partial charge in [0.25, 0.3) is 0 Å². The topological polar surface area (TPSA) is 45.4 Å². The number of benzene rings is 2. The first-order chi connectivity index (χ1) is 12.1. The fourth-order valence-corrected chi connectivity index (χ4v) is 2.69. The van der Waals surface area contributed by atoms with E-state index in [1.165, 1.54) is 6.07 Å². The zero-order valence-electron chi connectivity index (χ0n) is 14.2. The average Bonchev–Trinajstić information content (AvgIpc) is 3.09. The summed E-state index contributed by atoms with van der Waals surface area (Å²) in [6.07, 6.45) is 0.168. The number of furan rings is 1. The zero-order valence-corrected chi connectivity index (χ0v) is 14.2. The molecule has 0 radical (unpaired) electrons. The molecule has 0 fully saturated rings. The van der Waals surface area contributed by atoms with Crippen LogP contribution in [0.4, 0.5) is 4.39 Å². The van der Waals surface area contributed by atoms with Crippen molar-refractivity contribution in [3.8, 4) is 11.3 Å². The van der Waals surface area contributed by atoms with Crippen molar-refractivity contribution in [2.75, 3.05) is 6.54 Å². The van der Waals surface area contributed by atoms with Crippen molar-refractivity contribution in [3.05, 3.63) is 83.4 Å². The zero-order chi connectivity index (χ0) is 17.6. The number of hydrogen-bond acceptors (Lipinski definition) is 3. The molecule has 4 heteroatoms. The summed E-state index contributed by atoms with van der Waals surface area (Å²) in [5, 5.41) is 12.8. The minimum atomic E-state index is -0.472. The third-order valence-electron chi connectivity index (χ3n) is 4.17. The van der Waals surface area contributed by atoms with E-state index in [0.29, 0.717) is 25.1 Å². The summed E-state index contributed by atoms with van der Waals surface area (Å²) in [4.78, 5) is 0. The molecule has 3 aromatic rings. The summed E-state index contributed by atoms with van der Waals surface area (Å²) in [6.45, 7) is 3.02. The maximum absolute atomic E-state index is 13.5. The predicted octanol–water partition coefficient (Wildman–Crippen LogP) is 4.47. The third-order valence-corrected chi connectivity index (χ3v) is 4.17. The highest BCUT2D eigenvalue weighted by Gasteiger charge is 2.07. The van der Waals surface area contributed by atoms with Crippen molar-refractivity contribution in [3.63, 3.8) is 0 Å². The molecule has 0 amide bonds. The maximum Gasteiger partial charge on any atom is 0.134 e. The van der Waals surface area contributed by atoms with E-state index in [0.717, 1.165) is 22.6 Å². The fourth-order valence-electron chi connectivity index (χ4n) is 2.69. The van der Waals surface area contributed by atoms with E-state index in [-0.39, 0.29) is 5.82 Å². The van der Waals surface area contributed by atoms with E-state index in [9.17, 15) is 9.50 Å². The standard InChI is InChI=1S/C21H22FNO2/c1-15(24)16-6-8-18(9-7-16)21-11-10-19(25-21)14-23-13-12-17-4-2-3-5-20(17)22/h2-11,15,23-24H,12-14H2,1H3. The molecule has 130 valence electrons. The van der Waals surface area contributed by atoms with Crippen molar-refractivity contribution >= 4 is 0 Å². The summed E-state index contributed by atoms with van der Waals surface area (Å²) < 4.78 is 19.4. The summed E-state index contributed by atoms with van der Waals surface area (Å²) in [5.74, 6) is 1.47. The van der Waals surface area contributed by atoms with Gasteiger partial charge in [0, 0.05) is 5.56 Å². The highest BCUT2D eigenvalue weighted by molar-refractivity contribution is 5.58. The lowest BCUT2D eigenvalue weighted by Gasteiger charge is -2.05. The Morgan fingerprint density at radius 2 is 1.80 bits per heavy atom. The Labute approximate surface area is 147 Å². The Hall–Kier alpha value is -2.43. The smallest absolute Gasteiger partial charge is 0.134 e. The molecule has 0 bridgehead atoms. The van der Waals surface area contributed by atoms with Gasteiger partial charge in [0.2, 0.25) is 0 Å². The molecule has 3 rings (SSSR count). The molecule has 0 saturated heterocycles. The minimum absolute atomic E-state index is 0.162. The Kier molecular flexibility index (Phi) is 5.64. The summed E-state index contributed by atoms with van der Waals surface area (Å²) in [7, 11) is 0. The van der Waals surface area contributed by atoms with E-state index < -0.39 is 6.10 Å². The molecule has 0 spiro atoms. The molecule has 1 atom stereocenters. The van der Waals surface area contributed by atoms with Crippen LogP contribution in [-0.4, -0.2) is 11.7 Å². The van der Waals surface area contributed by atoms with Gasteiger partial charge in [-0.1, -0.05) is 42.5 Å². The van der Waals surface area contributed by atoms with Gasteiger partial charge >= 0.3 is 0 Å². The largest absolute Gasteiger partial charge is 0.460 e. The van der Waals surface area contributed by atoms with Gasteiger partial charge in [-0.3, -0.25) is 0 Å². The number of halogens is 1. The number of aliphatic hydroxyl groups excluding tert-OH is 1. The SMILES string of the molecule is CC(O)c1ccc(-c2ccc(CNCCc3ccccc3F)o2)cc1. The highest BCUT2D eigenvalue weighted by atomic mass is 19.1. The molecule has 1 aromatic heterocycles. The van der Waals surface area contributed by atoms with Gasteiger partial charge in [-0.2, -0.15) is 0 Å².